The molecule has 54 valence electrons. The molecule has 1 atom stereocenters. The van der Waals surface area contributed by atoms with Crippen LogP contribution in [0.2, 0.25) is 0 Å². The van der Waals surface area contributed by atoms with Crippen molar-refractivity contribution in [2.45, 2.75) is 13.3 Å². The predicted octanol–water partition coefficient (Wildman–Crippen LogP) is 2.07. The monoisotopic (exact) mass is 148 g/mol. The number of allylic oxidation sites excluding steroid dienone is 1. The van der Waals surface area contributed by atoms with E-state index in [9.17, 15) is 4.57 Å². The van der Waals surface area contributed by atoms with Gasteiger partial charge in [0.25, 0.3) is 0 Å². The van der Waals surface area contributed by atoms with Crippen LogP contribution in [-0.4, -0.2) is 13.3 Å². The van der Waals surface area contributed by atoms with Crippen LogP contribution < -0.4 is 0 Å². The second-order valence-corrected chi connectivity index (χ2v) is 2.95. The smallest absolute Gasteiger partial charge is 0.188 e. The van der Waals surface area contributed by atoms with Gasteiger partial charge < -0.3 is 4.52 Å². The number of hydrogen-bond acceptors (Lipinski definition) is 2. The van der Waals surface area contributed by atoms with Crippen LogP contribution in [0.1, 0.15) is 13.3 Å². The molecule has 0 aromatic heterocycles. The van der Waals surface area contributed by atoms with Crippen LogP contribution >= 0.6 is 8.03 Å². The lowest BCUT2D eigenvalue weighted by Crippen LogP contribution is -1.77. The third-order valence-corrected chi connectivity index (χ3v) is 1.36. The number of rotatable bonds is 4. The van der Waals surface area contributed by atoms with Gasteiger partial charge in [-0.3, -0.25) is 4.57 Å². The fourth-order valence-electron chi connectivity index (χ4n) is 0.400. The lowest BCUT2D eigenvalue weighted by Gasteiger charge is -1.91. The molecule has 0 aromatic rings. The molecule has 3 heteroatoms. The molecule has 0 saturated carbocycles. The van der Waals surface area contributed by atoms with E-state index in [1.54, 1.807) is 6.66 Å². The van der Waals surface area contributed by atoms with Gasteiger partial charge in [0.1, 0.15) is 0 Å². The molecule has 0 aliphatic carbocycles. The molecule has 0 N–H and O–H groups in total. The minimum absolute atomic E-state index is 0.488. The molecular weight excluding hydrogens is 135 g/mol. The summed E-state index contributed by atoms with van der Waals surface area (Å²) in [6.07, 6.45) is 4.88. The third kappa shape index (κ3) is 7.93. The summed E-state index contributed by atoms with van der Waals surface area (Å²) < 4.78 is 15.1. The molecule has 0 aromatic carbocycles. The Morgan fingerprint density at radius 3 is 2.67 bits per heavy atom. The van der Waals surface area contributed by atoms with Crippen molar-refractivity contribution in [3.8, 4) is 0 Å². The summed E-state index contributed by atoms with van der Waals surface area (Å²) >= 11 is 0. The van der Waals surface area contributed by atoms with E-state index < -0.39 is 8.03 Å². The summed E-state index contributed by atoms with van der Waals surface area (Å²) in [6, 6.07) is 0. The molecule has 0 bridgehead atoms. The molecule has 0 fully saturated rings. The van der Waals surface area contributed by atoms with Crippen LogP contribution in [0.3, 0.4) is 0 Å². The Morgan fingerprint density at radius 2 is 2.22 bits per heavy atom. The minimum Gasteiger partial charge on any atom is -0.326 e. The van der Waals surface area contributed by atoms with Gasteiger partial charge >= 0.3 is 0 Å². The molecule has 0 aliphatic heterocycles. The van der Waals surface area contributed by atoms with Crippen LogP contribution in [0.15, 0.2) is 12.2 Å². The highest BCUT2D eigenvalue weighted by Gasteiger charge is 1.82. The third-order valence-electron chi connectivity index (χ3n) is 0.785. The van der Waals surface area contributed by atoms with E-state index in [-0.39, 0.29) is 0 Å². The van der Waals surface area contributed by atoms with Crippen LogP contribution in [0.5, 0.6) is 0 Å². The highest BCUT2D eigenvalue weighted by atomic mass is 31.1. The Bertz CT molecular complexity index is 110. The van der Waals surface area contributed by atoms with Crippen LogP contribution in [-0.2, 0) is 9.09 Å². The first-order chi connectivity index (χ1) is 4.27. The summed E-state index contributed by atoms with van der Waals surface area (Å²) in [5.74, 6) is 0. The summed E-state index contributed by atoms with van der Waals surface area (Å²) in [4.78, 5) is 0. The van der Waals surface area contributed by atoms with Gasteiger partial charge in [0.2, 0.25) is 0 Å². The van der Waals surface area contributed by atoms with Crippen molar-refractivity contribution in [2.75, 3.05) is 13.3 Å². The van der Waals surface area contributed by atoms with Crippen molar-refractivity contribution in [3.63, 3.8) is 0 Å². The van der Waals surface area contributed by atoms with Gasteiger partial charge in [-0.2, -0.15) is 0 Å². The largest absolute Gasteiger partial charge is 0.326 e. The van der Waals surface area contributed by atoms with Crippen molar-refractivity contribution >= 4 is 8.03 Å². The normalized spacial score (nSPS) is 14.4. The molecule has 0 spiro atoms. The Balaban J connectivity index is 3.09. The maximum atomic E-state index is 10.3. The summed E-state index contributed by atoms with van der Waals surface area (Å²) in [5, 5.41) is 0. The average molecular weight is 148 g/mol. The first-order valence-corrected chi connectivity index (χ1v) is 4.87. The quantitative estimate of drug-likeness (QED) is 0.450. The molecule has 0 rings (SSSR count). The molecule has 0 heterocycles. The zero-order valence-electron chi connectivity index (χ0n) is 5.89. The van der Waals surface area contributed by atoms with E-state index in [1.165, 1.54) is 0 Å². The van der Waals surface area contributed by atoms with Crippen LogP contribution in [0.25, 0.3) is 0 Å². The Labute approximate surface area is 56.8 Å². The van der Waals surface area contributed by atoms with Gasteiger partial charge in [-0.1, -0.05) is 19.1 Å². The SMILES string of the molecule is CCC=CCO[PH](C)=O. The standard InChI is InChI=1S/C6H13O2P/c1-3-4-5-6-8-9(2)7/h4-5,9H,3,6H2,1-2H3. The first-order valence-electron chi connectivity index (χ1n) is 3.05. The van der Waals surface area contributed by atoms with Crippen molar-refractivity contribution in [1.82, 2.24) is 0 Å². The molecule has 0 saturated heterocycles. The summed E-state index contributed by atoms with van der Waals surface area (Å²) in [7, 11) is -1.72. The van der Waals surface area contributed by atoms with Gasteiger partial charge in [-0.25, -0.2) is 0 Å². The lowest BCUT2D eigenvalue weighted by atomic mass is 10.4. The highest BCUT2D eigenvalue weighted by Crippen LogP contribution is 2.13. The van der Waals surface area contributed by atoms with E-state index >= 15 is 0 Å². The highest BCUT2D eigenvalue weighted by molar-refractivity contribution is 7.38. The van der Waals surface area contributed by atoms with Gasteiger partial charge in [-0.05, 0) is 6.42 Å². The van der Waals surface area contributed by atoms with E-state index in [4.69, 9.17) is 4.52 Å². The van der Waals surface area contributed by atoms with Gasteiger partial charge in [-0.15, -0.1) is 0 Å². The van der Waals surface area contributed by atoms with Crippen molar-refractivity contribution < 1.29 is 9.09 Å². The molecular formula is C6H13O2P. The molecule has 1 unspecified atom stereocenters. The molecule has 9 heavy (non-hydrogen) atoms. The van der Waals surface area contributed by atoms with Crippen LogP contribution in [0.4, 0.5) is 0 Å². The van der Waals surface area contributed by atoms with E-state index in [1.807, 2.05) is 19.1 Å². The molecule has 2 nitrogen and oxygen atoms in total. The average Bonchev–Trinajstić information content (AvgIpc) is 1.80. The number of hydrogen-bond donors (Lipinski definition) is 0. The Morgan fingerprint density at radius 1 is 1.56 bits per heavy atom. The fourth-order valence-corrected chi connectivity index (χ4v) is 0.731. The summed E-state index contributed by atoms with van der Waals surface area (Å²) in [6.45, 7) is 4.12. The van der Waals surface area contributed by atoms with E-state index in [0.717, 1.165) is 6.42 Å². The molecule has 0 aliphatic rings. The van der Waals surface area contributed by atoms with Gasteiger partial charge in [0.15, 0.2) is 8.03 Å². The predicted molar refractivity (Wildman–Crippen MR) is 40.3 cm³/mol. The Hall–Kier alpha value is -0.0700. The van der Waals surface area contributed by atoms with Gasteiger partial charge in [0, 0.05) is 6.66 Å². The second kappa shape index (κ2) is 6.06. The topological polar surface area (TPSA) is 26.3 Å². The minimum atomic E-state index is -1.72. The Kier molecular flexibility index (Phi) is 6.01. The lowest BCUT2D eigenvalue weighted by molar-refractivity contribution is 0.375. The zero-order valence-corrected chi connectivity index (χ0v) is 6.89. The van der Waals surface area contributed by atoms with E-state index in [2.05, 4.69) is 0 Å². The van der Waals surface area contributed by atoms with Gasteiger partial charge in [0.05, 0.1) is 6.61 Å². The maximum Gasteiger partial charge on any atom is 0.188 e. The van der Waals surface area contributed by atoms with Crippen molar-refractivity contribution in [2.24, 2.45) is 0 Å². The molecule has 0 amide bonds. The van der Waals surface area contributed by atoms with E-state index in [0.29, 0.717) is 6.61 Å². The zero-order chi connectivity index (χ0) is 7.11. The van der Waals surface area contributed by atoms with Crippen molar-refractivity contribution in [1.29, 1.82) is 0 Å². The second-order valence-electron chi connectivity index (χ2n) is 1.68. The van der Waals surface area contributed by atoms with Crippen molar-refractivity contribution in [3.05, 3.63) is 12.2 Å². The van der Waals surface area contributed by atoms with Crippen LogP contribution in [0, 0.1) is 0 Å². The first kappa shape index (κ1) is 8.93. The fraction of sp³-hybridized carbons (Fsp3) is 0.667. The maximum absolute atomic E-state index is 10.3. The summed E-state index contributed by atoms with van der Waals surface area (Å²) in [5.41, 5.74) is 0. The molecule has 0 radical (unpaired) electrons.